The van der Waals surface area contributed by atoms with E-state index in [2.05, 4.69) is 4.74 Å². The zero-order chi connectivity index (χ0) is 14.0. The summed E-state index contributed by atoms with van der Waals surface area (Å²) in [5.41, 5.74) is 0.426. The maximum absolute atomic E-state index is 14.0. The largest absolute Gasteiger partial charge is 0.467 e. The summed E-state index contributed by atoms with van der Waals surface area (Å²) in [5, 5.41) is 0. The third-order valence-electron chi connectivity index (χ3n) is 3.41. The number of halogens is 1. The van der Waals surface area contributed by atoms with Crippen molar-refractivity contribution in [3.05, 3.63) is 35.1 Å². The van der Waals surface area contributed by atoms with E-state index in [9.17, 15) is 14.0 Å². The van der Waals surface area contributed by atoms with Crippen LogP contribution in [0.3, 0.4) is 0 Å². The van der Waals surface area contributed by atoms with Gasteiger partial charge in [-0.3, -0.25) is 4.79 Å². The number of hydrogen-bond acceptors (Lipinski definition) is 3. The van der Waals surface area contributed by atoms with E-state index in [1.807, 2.05) is 0 Å². The Kier molecular flexibility index (Phi) is 3.83. The molecule has 1 heterocycles. The van der Waals surface area contributed by atoms with Gasteiger partial charge in [0.2, 0.25) is 0 Å². The fourth-order valence-corrected chi connectivity index (χ4v) is 2.36. The zero-order valence-electron chi connectivity index (χ0n) is 11.0. The molecule has 0 aromatic heterocycles. The van der Waals surface area contributed by atoms with Crippen LogP contribution < -0.4 is 0 Å². The average Bonchev–Trinajstić information content (AvgIpc) is 2.89. The summed E-state index contributed by atoms with van der Waals surface area (Å²) in [7, 11) is 1.29. The second-order valence-electron chi connectivity index (χ2n) is 4.62. The number of esters is 1. The SMILES string of the molecule is COC(=O)[C@@H]1CCCN1C(=O)c1cccc(C)c1F. The van der Waals surface area contributed by atoms with Crippen LogP contribution in [0.5, 0.6) is 0 Å². The number of likely N-dealkylation sites (tertiary alicyclic amines) is 1. The fraction of sp³-hybridized carbons (Fsp3) is 0.429. The molecule has 1 aromatic rings. The zero-order valence-corrected chi connectivity index (χ0v) is 11.0. The van der Waals surface area contributed by atoms with E-state index in [1.165, 1.54) is 18.1 Å². The number of aryl methyl sites for hydroxylation is 1. The molecule has 0 saturated carbocycles. The van der Waals surface area contributed by atoms with Crippen molar-refractivity contribution in [3.8, 4) is 0 Å². The molecule has 5 heteroatoms. The van der Waals surface area contributed by atoms with Crippen molar-refractivity contribution in [2.45, 2.75) is 25.8 Å². The first-order valence-electron chi connectivity index (χ1n) is 6.20. The summed E-state index contributed by atoms with van der Waals surface area (Å²) in [6.07, 6.45) is 1.28. The number of amides is 1. The Hall–Kier alpha value is -1.91. The summed E-state index contributed by atoms with van der Waals surface area (Å²) >= 11 is 0. The van der Waals surface area contributed by atoms with Crippen molar-refractivity contribution in [1.82, 2.24) is 4.90 Å². The van der Waals surface area contributed by atoms with E-state index in [0.29, 0.717) is 18.5 Å². The molecule has 0 N–H and O–H groups in total. The van der Waals surface area contributed by atoms with Gasteiger partial charge in [0, 0.05) is 6.54 Å². The molecule has 2 rings (SSSR count). The van der Waals surface area contributed by atoms with Crippen molar-refractivity contribution in [1.29, 1.82) is 0 Å². The maximum atomic E-state index is 14.0. The molecular weight excluding hydrogens is 249 g/mol. The quantitative estimate of drug-likeness (QED) is 0.767. The van der Waals surface area contributed by atoms with E-state index in [0.717, 1.165) is 6.42 Å². The number of rotatable bonds is 2. The van der Waals surface area contributed by atoms with Crippen LogP contribution in [0, 0.1) is 12.7 Å². The van der Waals surface area contributed by atoms with E-state index >= 15 is 0 Å². The summed E-state index contributed by atoms with van der Waals surface area (Å²) in [6.45, 7) is 2.06. The highest BCUT2D eigenvalue weighted by molar-refractivity contribution is 5.97. The first-order chi connectivity index (χ1) is 9.06. The normalized spacial score (nSPS) is 18.5. The molecule has 19 heavy (non-hydrogen) atoms. The molecule has 0 radical (unpaired) electrons. The molecule has 1 atom stereocenters. The Balaban J connectivity index is 2.28. The van der Waals surface area contributed by atoms with Crippen molar-refractivity contribution in [2.75, 3.05) is 13.7 Å². The Bertz CT molecular complexity index is 515. The second-order valence-corrected chi connectivity index (χ2v) is 4.62. The molecule has 1 amide bonds. The van der Waals surface area contributed by atoms with Crippen LogP contribution in [-0.2, 0) is 9.53 Å². The number of methoxy groups -OCH3 is 1. The summed E-state index contributed by atoms with van der Waals surface area (Å²) in [6, 6.07) is 4.08. The van der Waals surface area contributed by atoms with Crippen LogP contribution in [0.1, 0.15) is 28.8 Å². The van der Waals surface area contributed by atoms with E-state index in [-0.39, 0.29) is 5.56 Å². The number of ether oxygens (including phenoxy) is 1. The van der Waals surface area contributed by atoms with Gasteiger partial charge in [-0.25, -0.2) is 9.18 Å². The van der Waals surface area contributed by atoms with Gasteiger partial charge in [0.15, 0.2) is 0 Å². The van der Waals surface area contributed by atoms with Crippen molar-refractivity contribution in [3.63, 3.8) is 0 Å². The van der Waals surface area contributed by atoms with Gasteiger partial charge in [0.25, 0.3) is 5.91 Å². The maximum Gasteiger partial charge on any atom is 0.328 e. The van der Waals surface area contributed by atoms with E-state index < -0.39 is 23.7 Å². The smallest absolute Gasteiger partial charge is 0.328 e. The lowest BCUT2D eigenvalue weighted by Gasteiger charge is -2.23. The first-order valence-corrected chi connectivity index (χ1v) is 6.20. The van der Waals surface area contributed by atoms with Gasteiger partial charge in [-0.2, -0.15) is 0 Å². The van der Waals surface area contributed by atoms with Crippen molar-refractivity contribution >= 4 is 11.9 Å². The number of carbonyl (C=O) groups is 2. The molecule has 102 valence electrons. The van der Waals surface area contributed by atoms with Gasteiger partial charge < -0.3 is 9.64 Å². The number of nitrogens with zero attached hydrogens (tertiary/aromatic N) is 1. The lowest BCUT2D eigenvalue weighted by Crippen LogP contribution is -2.41. The van der Waals surface area contributed by atoms with Gasteiger partial charge in [0.05, 0.1) is 12.7 Å². The Labute approximate surface area is 111 Å². The molecule has 0 bridgehead atoms. The molecule has 0 aliphatic carbocycles. The molecule has 0 unspecified atom stereocenters. The number of hydrogen-bond donors (Lipinski definition) is 0. The van der Waals surface area contributed by atoms with Gasteiger partial charge >= 0.3 is 5.97 Å². The monoisotopic (exact) mass is 265 g/mol. The number of carbonyl (C=O) groups excluding carboxylic acids is 2. The van der Waals surface area contributed by atoms with E-state index in [1.54, 1.807) is 19.1 Å². The van der Waals surface area contributed by atoms with Gasteiger partial charge in [-0.1, -0.05) is 12.1 Å². The van der Waals surface area contributed by atoms with Crippen LogP contribution >= 0.6 is 0 Å². The Morgan fingerprint density at radius 1 is 1.42 bits per heavy atom. The standard InChI is InChI=1S/C14H16FNO3/c1-9-5-3-6-10(12(9)15)13(17)16-8-4-7-11(16)14(18)19-2/h3,5-6,11H,4,7-8H2,1-2H3/t11-/m0/s1. The minimum absolute atomic E-state index is 0.0100. The highest BCUT2D eigenvalue weighted by Crippen LogP contribution is 2.23. The van der Waals surface area contributed by atoms with Crippen LogP contribution in [0.15, 0.2) is 18.2 Å². The van der Waals surface area contributed by atoms with Crippen LogP contribution in [0.25, 0.3) is 0 Å². The molecular formula is C14H16FNO3. The topological polar surface area (TPSA) is 46.6 Å². The van der Waals surface area contributed by atoms with Gasteiger partial charge in [0.1, 0.15) is 11.9 Å². The predicted molar refractivity (Wildman–Crippen MR) is 67.2 cm³/mol. The van der Waals surface area contributed by atoms with Crippen molar-refractivity contribution < 1.29 is 18.7 Å². The molecule has 1 fully saturated rings. The molecule has 0 spiro atoms. The molecule has 1 aliphatic rings. The third kappa shape index (κ3) is 2.45. The van der Waals surface area contributed by atoms with E-state index in [4.69, 9.17) is 0 Å². The number of benzene rings is 1. The lowest BCUT2D eigenvalue weighted by molar-refractivity contribution is -0.145. The van der Waals surface area contributed by atoms with Crippen molar-refractivity contribution in [2.24, 2.45) is 0 Å². The minimum atomic E-state index is -0.600. The minimum Gasteiger partial charge on any atom is -0.467 e. The van der Waals surface area contributed by atoms with Crippen LogP contribution in [0.2, 0.25) is 0 Å². The summed E-state index contributed by atoms with van der Waals surface area (Å²) < 4.78 is 18.6. The lowest BCUT2D eigenvalue weighted by atomic mass is 10.1. The molecule has 4 nitrogen and oxygen atoms in total. The predicted octanol–water partition coefficient (Wildman–Crippen LogP) is 1.91. The molecule has 1 aliphatic heterocycles. The van der Waals surface area contributed by atoms with Gasteiger partial charge in [-0.15, -0.1) is 0 Å². The Morgan fingerprint density at radius 2 is 2.16 bits per heavy atom. The molecule has 1 aromatic carbocycles. The highest BCUT2D eigenvalue weighted by Gasteiger charge is 2.36. The van der Waals surface area contributed by atoms with Crippen LogP contribution in [0.4, 0.5) is 4.39 Å². The first kappa shape index (κ1) is 13.5. The summed E-state index contributed by atoms with van der Waals surface area (Å²) in [4.78, 5) is 25.3. The van der Waals surface area contributed by atoms with Gasteiger partial charge in [-0.05, 0) is 31.4 Å². The highest BCUT2D eigenvalue weighted by atomic mass is 19.1. The second kappa shape index (κ2) is 5.38. The van der Waals surface area contributed by atoms with Crippen LogP contribution in [-0.4, -0.2) is 36.5 Å². The third-order valence-corrected chi connectivity index (χ3v) is 3.41. The Morgan fingerprint density at radius 3 is 2.84 bits per heavy atom. The average molecular weight is 265 g/mol. The summed E-state index contributed by atoms with van der Waals surface area (Å²) in [5.74, 6) is -1.42. The molecule has 1 saturated heterocycles. The fourth-order valence-electron chi connectivity index (χ4n) is 2.36.